The van der Waals surface area contributed by atoms with E-state index in [9.17, 15) is 14.7 Å². The van der Waals surface area contributed by atoms with Crippen LogP contribution in [0.4, 0.5) is 0 Å². The average Bonchev–Trinajstić information content (AvgIpc) is 3.70. The van der Waals surface area contributed by atoms with E-state index in [1.165, 1.54) is 6.33 Å². The Balaban J connectivity index is 0.00000417. The van der Waals surface area contributed by atoms with Crippen molar-refractivity contribution in [1.29, 1.82) is 0 Å². The van der Waals surface area contributed by atoms with Gasteiger partial charge in [0.2, 0.25) is 5.78 Å². The van der Waals surface area contributed by atoms with Crippen molar-refractivity contribution in [3.05, 3.63) is 92.6 Å². The Morgan fingerprint density at radius 1 is 1.04 bits per heavy atom. The minimum absolute atomic E-state index is 0. The molecule has 3 heterocycles. The quantitative estimate of drug-likeness (QED) is 0.200. The van der Waals surface area contributed by atoms with Gasteiger partial charge in [0.25, 0.3) is 5.56 Å². The number of aliphatic hydroxyl groups is 1. The van der Waals surface area contributed by atoms with Crippen molar-refractivity contribution in [1.82, 2.24) is 29.3 Å². The molecule has 0 saturated heterocycles. The predicted octanol–water partition coefficient (Wildman–Crippen LogP) is 4.46. The van der Waals surface area contributed by atoms with Crippen molar-refractivity contribution >= 4 is 57.2 Å². The van der Waals surface area contributed by atoms with Gasteiger partial charge in [0.15, 0.2) is 5.82 Å². The Kier molecular flexibility index (Phi) is 11.3. The topological polar surface area (TPSA) is 141 Å². The third-order valence-corrected chi connectivity index (χ3v) is 8.54. The van der Waals surface area contributed by atoms with Crippen molar-refractivity contribution in [2.45, 2.75) is 89.9 Å². The van der Waals surface area contributed by atoms with Crippen LogP contribution in [0.15, 0.2) is 69.0 Å². The van der Waals surface area contributed by atoms with Gasteiger partial charge in [-0.1, -0.05) is 67.0 Å². The number of ether oxygens (including phenoxy) is 1. The summed E-state index contributed by atoms with van der Waals surface area (Å²) >= 11 is 0. The van der Waals surface area contributed by atoms with Gasteiger partial charge in [0.1, 0.15) is 6.33 Å². The molecule has 5 aromatic rings. The predicted molar refractivity (Wildman–Crippen MR) is 177 cm³/mol. The van der Waals surface area contributed by atoms with Crippen LogP contribution in [0.25, 0.3) is 28.3 Å². The van der Waals surface area contributed by atoms with Gasteiger partial charge in [-0.2, -0.15) is 10.1 Å². The molecule has 1 saturated carbocycles. The zero-order chi connectivity index (χ0) is 31.6. The van der Waals surface area contributed by atoms with Crippen molar-refractivity contribution < 1.29 is 14.4 Å². The van der Waals surface area contributed by atoms with E-state index in [1.54, 1.807) is 13.8 Å². The fraction of sp³-hybridized carbons (Fsp3) is 0.441. The fourth-order valence-corrected chi connectivity index (χ4v) is 6.27. The molecule has 0 radical (unpaired) electrons. The number of aryl methyl sites for hydroxylation is 1. The number of nitrogens with zero attached hydrogens (tertiary/aromatic N) is 5. The standard InChI is InChI=1S/C34H40N6O5.K.H/c1-4-5-10-29-28(19-22-11-13-23(14-12-22)26-8-6-7-9-27(26)30-37-33(42)45-38-30)31(41)39(32-35-21-36-40(29)32)24-15-17-25(18-16-24)44-20-34(2,3)43;;/h6-9,11-14,21,24-25,43H,4-5,10,15-20H2,1-3H3,(H,37,38,42);;/t24-,25-;;. The molecule has 0 amide bonds. The zero-order valence-electron chi connectivity index (χ0n) is 26.0. The number of H-pyrrole nitrogens is 1. The number of benzene rings is 2. The monoisotopic (exact) mass is 652 g/mol. The summed E-state index contributed by atoms with van der Waals surface area (Å²) in [5, 5.41) is 18.5. The van der Waals surface area contributed by atoms with E-state index in [1.807, 2.05) is 57.6 Å². The third-order valence-electron chi connectivity index (χ3n) is 8.54. The Labute approximate surface area is 309 Å². The van der Waals surface area contributed by atoms with Gasteiger partial charge >= 0.3 is 57.1 Å². The maximum atomic E-state index is 14.4. The first kappa shape index (κ1) is 34.6. The molecule has 2 N–H and O–H groups in total. The van der Waals surface area contributed by atoms with E-state index in [0.717, 1.165) is 78.5 Å². The summed E-state index contributed by atoms with van der Waals surface area (Å²) < 4.78 is 14.4. The van der Waals surface area contributed by atoms with E-state index < -0.39 is 11.4 Å². The van der Waals surface area contributed by atoms with Crippen LogP contribution in [0.5, 0.6) is 0 Å². The van der Waals surface area contributed by atoms with E-state index in [2.05, 4.69) is 27.1 Å². The number of nitrogens with one attached hydrogen (secondary N) is 1. The number of unbranched alkanes of at least 4 members (excludes halogenated alkanes) is 1. The number of hydrogen-bond acceptors (Lipinski definition) is 8. The van der Waals surface area contributed by atoms with Crippen LogP contribution in [0.1, 0.15) is 82.2 Å². The van der Waals surface area contributed by atoms with E-state index >= 15 is 0 Å². The minimum atomic E-state index is -0.871. The van der Waals surface area contributed by atoms with Crippen LogP contribution >= 0.6 is 0 Å². The molecule has 1 aliphatic carbocycles. The van der Waals surface area contributed by atoms with Crippen molar-refractivity contribution in [3.63, 3.8) is 0 Å². The van der Waals surface area contributed by atoms with Gasteiger partial charge in [0, 0.05) is 23.6 Å². The number of aromatic nitrogens is 6. The number of rotatable bonds is 11. The molecule has 0 spiro atoms. The normalized spacial score (nSPS) is 16.9. The zero-order valence-corrected chi connectivity index (χ0v) is 26.0. The Bertz CT molecular complexity index is 1880. The molecule has 11 nitrogen and oxygen atoms in total. The first-order chi connectivity index (χ1) is 21.7. The summed E-state index contributed by atoms with van der Waals surface area (Å²) in [6.45, 7) is 5.92. The molecule has 6 rings (SSSR count). The molecule has 12 heteroatoms. The first-order valence-electron chi connectivity index (χ1n) is 15.8. The molecule has 46 heavy (non-hydrogen) atoms. The summed E-state index contributed by atoms with van der Waals surface area (Å²) in [5.41, 5.74) is 4.42. The van der Waals surface area contributed by atoms with E-state index in [-0.39, 0.29) is 75.7 Å². The van der Waals surface area contributed by atoms with Gasteiger partial charge < -0.3 is 9.84 Å². The van der Waals surface area contributed by atoms with Crippen LogP contribution in [-0.4, -0.2) is 104 Å². The SMILES string of the molecule is CCCCc1c(Cc2ccc(-c3ccccc3-c3noc(=O)[nH]3)cc2)c(=O)n([C@H]2CC[C@H](OCC(C)(C)O)CC2)c2ncnn12.[KH]. The second-order valence-corrected chi connectivity index (χ2v) is 12.6. The van der Waals surface area contributed by atoms with Crippen LogP contribution < -0.4 is 11.3 Å². The van der Waals surface area contributed by atoms with Gasteiger partial charge in [-0.3, -0.25) is 18.9 Å². The van der Waals surface area contributed by atoms with Crippen LogP contribution in [0, 0.1) is 0 Å². The Morgan fingerprint density at radius 2 is 1.76 bits per heavy atom. The van der Waals surface area contributed by atoms with E-state index in [4.69, 9.17) is 9.26 Å². The molecular weight excluding hydrogens is 612 g/mol. The Hall–Kier alpha value is -2.71. The van der Waals surface area contributed by atoms with Crippen molar-refractivity contribution in [3.8, 4) is 22.5 Å². The number of aromatic amines is 1. The van der Waals surface area contributed by atoms with Crippen LogP contribution in [0.3, 0.4) is 0 Å². The summed E-state index contributed by atoms with van der Waals surface area (Å²) in [6.07, 6.45) is 7.95. The van der Waals surface area contributed by atoms with Crippen LogP contribution in [0.2, 0.25) is 0 Å². The molecule has 3 aromatic heterocycles. The van der Waals surface area contributed by atoms with Crippen molar-refractivity contribution in [2.75, 3.05) is 6.61 Å². The van der Waals surface area contributed by atoms with Gasteiger partial charge in [-0.25, -0.2) is 9.31 Å². The second kappa shape index (κ2) is 15.0. The number of fused-ring (bicyclic) bond motifs is 1. The van der Waals surface area contributed by atoms with E-state index in [0.29, 0.717) is 18.0 Å². The van der Waals surface area contributed by atoms with Gasteiger partial charge in [-0.15, -0.1) is 0 Å². The van der Waals surface area contributed by atoms with Crippen molar-refractivity contribution in [2.24, 2.45) is 0 Å². The number of hydrogen-bond donors (Lipinski definition) is 2. The Morgan fingerprint density at radius 3 is 2.41 bits per heavy atom. The molecule has 0 bridgehead atoms. The molecular formula is C34H41KN6O5. The molecule has 1 aliphatic rings. The maximum absolute atomic E-state index is 14.4. The molecule has 2 aromatic carbocycles. The molecule has 0 unspecified atom stereocenters. The summed E-state index contributed by atoms with van der Waals surface area (Å²) in [4.78, 5) is 33.1. The molecule has 0 aliphatic heterocycles. The summed E-state index contributed by atoms with van der Waals surface area (Å²) in [6, 6.07) is 15.8. The fourth-order valence-electron chi connectivity index (χ4n) is 6.27. The molecule has 0 atom stereocenters. The van der Waals surface area contributed by atoms with Gasteiger partial charge in [0.05, 0.1) is 24.0 Å². The van der Waals surface area contributed by atoms with Gasteiger partial charge in [-0.05, 0) is 69.1 Å². The second-order valence-electron chi connectivity index (χ2n) is 12.6. The summed E-state index contributed by atoms with van der Waals surface area (Å²) in [5.74, 6) is 0.365. The molecule has 238 valence electrons. The first-order valence-corrected chi connectivity index (χ1v) is 15.8. The van der Waals surface area contributed by atoms with Crippen LogP contribution in [-0.2, 0) is 17.6 Å². The summed E-state index contributed by atoms with van der Waals surface area (Å²) in [7, 11) is 0. The molecule has 1 fully saturated rings. The average molecular weight is 653 g/mol. The third kappa shape index (κ3) is 7.70.